The SMILES string of the molecule is FCCOC[C@H]1CN(c2ncc(C#Cc3cnc(-c4cnco4)nc3)cn2)CCN1c1ncncn1. The second kappa shape index (κ2) is 11.2. The Morgan fingerprint density at radius 2 is 1.61 bits per heavy atom. The maximum absolute atomic E-state index is 12.6. The smallest absolute Gasteiger partial charge is 0.228 e. The van der Waals surface area contributed by atoms with Crippen molar-refractivity contribution in [1.29, 1.82) is 0 Å². The van der Waals surface area contributed by atoms with Gasteiger partial charge in [-0.15, -0.1) is 0 Å². The molecule has 1 aliphatic heterocycles. The zero-order chi connectivity index (χ0) is 24.6. The molecule has 0 radical (unpaired) electrons. The molecule has 13 heteroatoms. The van der Waals surface area contributed by atoms with Crippen molar-refractivity contribution < 1.29 is 13.5 Å². The summed E-state index contributed by atoms with van der Waals surface area (Å²) in [5.74, 6) is 8.09. The van der Waals surface area contributed by atoms with Crippen molar-refractivity contribution in [2.75, 3.05) is 49.3 Å². The van der Waals surface area contributed by atoms with E-state index in [0.29, 0.717) is 60.8 Å². The molecule has 0 saturated carbocycles. The number of alkyl halides is 1. The van der Waals surface area contributed by atoms with E-state index >= 15 is 0 Å². The van der Waals surface area contributed by atoms with Gasteiger partial charge in [-0.25, -0.2) is 44.3 Å². The second-order valence-electron chi connectivity index (χ2n) is 7.68. The van der Waals surface area contributed by atoms with Crippen LogP contribution in [0.1, 0.15) is 11.1 Å². The van der Waals surface area contributed by atoms with Crippen LogP contribution in [0.2, 0.25) is 0 Å². The number of anilines is 2. The zero-order valence-electron chi connectivity index (χ0n) is 19.1. The van der Waals surface area contributed by atoms with Crippen LogP contribution in [0.4, 0.5) is 16.3 Å². The van der Waals surface area contributed by atoms with Crippen LogP contribution in [0.5, 0.6) is 0 Å². The summed E-state index contributed by atoms with van der Waals surface area (Å²) in [6.07, 6.45) is 12.4. The molecule has 1 saturated heterocycles. The first-order valence-electron chi connectivity index (χ1n) is 11.1. The van der Waals surface area contributed by atoms with Gasteiger partial charge in [-0.1, -0.05) is 11.8 Å². The number of rotatable bonds is 7. The molecule has 1 fully saturated rings. The highest BCUT2D eigenvalue weighted by Gasteiger charge is 2.30. The van der Waals surface area contributed by atoms with E-state index in [9.17, 15) is 4.39 Å². The van der Waals surface area contributed by atoms with Gasteiger partial charge in [0.05, 0.1) is 36.6 Å². The zero-order valence-corrected chi connectivity index (χ0v) is 19.1. The molecule has 12 nitrogen and oxygen atoms in total. The highest BCUT2D eigenvalue weighted by Crippen LogP contribution is 2.19. The molecule has 1 aliphatic rings. The Kier molecular flexibility index (Phi) is 7.24. The summed E-state index contributed by atoms with van der Waals surface area (Å²) in [6.45, 7) is 1.68. The molecule has 0 aliphatic carbocycles. The molecule has 0 spiro atoms. The molecule has 4 aromatic rings. The number of ether oxygens (including phenoxy) is 1. The van der Waals surface area contributed by atoms with Crippen LogP contribution in [0.15, 0.2) is 54.4 Å². The summed E-state index contributed by atoms with van der Waals surface area (Å²) < 4.78 is 23.2. The molecule has 0 amide bonds. The van der Waals surface area contributed by atoms with Gasteiger partial charge >= 0.3 is 0 Å². The Morgan fingerprint density at radius 1 is 0.889 bits per heavy atom. The molecule has 0 N–H and O–H groups in total. The van der Waals surface area contributed by atoms with Crippen molar-refractivity contribution in [3.8, 4) is 23.4 Å². The fourth-order valence-corrected chi connectivity index (χ4v) is 3.64. The number of oxazole rings is 1. The minimum Gasteiger partial charge on any atom is -0.440 e. The van der Waals surface area contributed by atoms with Crippen LogP contribution >= 0.6 is 0 Å². The minimum atomic E-state index is -0.536. The Labute approximate surface area is 205 Å². The van der Waals surface area contributed by atoms with Crippen LogP contribution < -0.4 is 9.80 Å². The normalized spacial score (nSPS) is 15.4. The molecular formula is C23H21FN10O2. The van der Waals surface area contributed by atoms with Gasteiger partial charge < -0.3 is 19.0 Å². The van der Waals surface area contributed by atoms with Crippen LogP contribution in [0, 0.1) is 11.8 Å². The summed E-state index contributed by atoms with van der Waals surface area (Å²) >= 11 is 0. The third-order valence-electron chi connectivity index (χ3n) is 5.33. The molecule has 36 heavy (non-hydrogen) atoms. The number of piperazine rings is 1. The standard InChI is InChI=1S/C23H21FN10O2/c24-3-6-35-13-19-12-33(4-5-34(19)23-31-14-26-15-32-23)22-29-9-18(10-30-22)2-1-17-7-27-21(28-8-17)20-11-25-16-36-20/h7-11,14-16,19H,3-6,12-13H2/t19-/m1/s1. The third-order valence-corrected chi connectivity index (χ3v) is 5.33. The highest BCUT2D eigenvalue weighted by atomic mass is 19.1. The summed E-state index contributed by atoms with van der Waals surface area (Å²) in [5.41, 5.74) is 1.30. The molecule has 0 aromatic carbocycles. The lowest BCUT2D eigenvalue weighted by Crippen LogP contribution is -2.56. The van der Waals surface area contributed by atoms with Crippen LogP contribution in [0.25, 0.3) is 11.6 Å². The molecular weight excluding hydrogens is 467 g/mol. The lowest BCUT2D eigenvalue weighted by atomic mass is 10.2. The fourth-order valence-electron chi connectivity index (χ4n) is 3.64. The Morgan fingerprint density at radius 3 is 2.28 bits per heavy atom. The van der Waals surface area contributed by atoms with E-state index in [2.05, 4.69) is 56.6 Å². The van der Waals surface area contributed by atoms with Crippen LogP contribution in [0.3, 0.4) is 0 Å². The predicted molar refractivity (Wildman–Crippen MR) is 126 cm³/mol. The maximum Gasteiger partial charge on any atom is 0.228 e. The van der Waals surface area contributed by atoms with Crippen molar-refractivity contribution in [2.24, 2.45) is 0 Å². The number of hydrogen-bond donors (Lipinski definition) is 0. The van der Waals surface area contributed by atoms with E-state index < -0.39 is 6.67 Å². The summed E-state index contributed by atoms with van der Waals surface area (Å²) in [6, 6.07) is -0.101. The number of nitrogens with zero attached hydrogens (tertiary/aromatic N) is 10. The van der Waals surface area contributed by atoms with Gasteiger partial charge in [0.15, 0.2) is 18.0 Å². The molecule has 182 valence electrons. The predicted octanol–water partition coefficient (Wildman–Crippen LogP) is 1.19. The summed E-state index contributed by atoms with van der Waals surface area (Å²) in [7, 11) is 0. The van der Waals surface area contributed by atoms with E-state index in [4.69, 9.17) is 9.15 Å². The van der Waals surface area contributed by atoms with Crippen LogP contribution in [-0.2, 0) is 4.74 Å². The van der Waals surface area contributed by atoms with Crippen molar-refractivity contribution >= 4 is 11.9 Å². The minimum absolute atomic E-state index is 0.0409. The second-order valence-corrected chi connectivity index (χ2v) is 7.68. The van der Waals surface area contributed by atoms with E-state index in [0.717, 1.165) is 0 Å². The lowest BCUT2D eigenvalue weighted by molar-refractivity contribution is 0.104. The van der Waals surface area contributed by atoms with Gasteiger partial charge in [0.25, 0.3) is 0 Å². The average Bonchev–Trinajstić information content (AvgIpc) is 3.48. The largest absolute Gasteiger partial charge is 0.440 e. The van der Waals surface area contributed by atoms with Gasteiger partial charge in [-0.05, 0) is 0 Å². The quantitative estimate of drug-likeness (QED) is 0.273. The van der Waals surface area contributed by atoms with Crippen LogP contribution in [-0.4, -0.2) is 85.4 Å². The van der Waals surface area contributed by atoms with Crippen molar-refractivity contribution in [1.82, 2.24) is 39.9 Å². The van der Waals surface area contributed by atoms with E-state index in [1.165, 1.54) is 19.0 Å². The monoisotopic (exact) mass is 488 g/mol. The molecule has 0 unspecified atom stereocenters. The third kappa shape index (κ3) is 5.56. The Balaban J connectivity index is 1.24. The van der Waals surface area contributed by atoms with Gasteiger partial charge in [-0.2, -0.15) is 0 Å². The number of hydrogen-bond acceptors (Lipinski definition) is 12. The lowest BCUT2D eigenvalue weighted by Gasteiger charge is -2.41. The number of halogens is 1. The molecule has 4 aromatic heterocycles. The first-order valence-corrected chi connectivity index (χ1v) is 11.1. The topological polar surface area (TPSA) is 132 Å². The average molecular weight is 488 g/mol. The summed E-state index contributed by atoms with van der Waals surface area (Å²) in [5, 5.41) is 0. The maximum atomic E-state index is 12.6. The Hall–Kier alpha value is -4.57. The first kappa shape index (κ1) is 23.2. The van der Waals surface area contributed by atoms with Gasteiger partial charge in [0.2, 0.25) is 11.9 Å². The molecule has 5 heterocycles. The molecule has 0 bridgehead atoms. The first-order chi connectivity index (χ1) is 17.8. The van der Waals surface area contributed by atoms with E-state index in [-0.39, 0.29) is 12.6 Å². The molecule has 5 rings (SSSR count). The van der Waals surface area contributed by atoms with Gasteiger partial charge in [-0.3, -0.25) is 0 Å². The van der Waals surface area contributed by atoms with Gasteiger partial charge in [0, 0.05) is 44.4 Å². The molecule has 1 atom stereocenters. The number of aromatic nitrogens is 8. The highest BCUT2D eigenvalue weighted by molar-refractivity contribution is 5.47. The van der Waals surface area contributed by atoms with E-state index in [1.807, 2.05) is 4.90 Å². The fraction of sp³-hybridized carbons (Fsp3) is 0.304. The van der Waals surface area contributed by atoms with Crippen molar-refractivity contribution in [3.05, 3.63) is 61.2 Å². The van der Waals surface area contributed by atoms with Crippen molar-refractivity contribution in [3.63, 3.8) is 0 Å². The van der Waals surface area contributed by atoms with E-state index in [1.54, 1.807) is 31.0 Å². The summed E-state index contributed by atoms with van der Waals surface area (Å²) in [4.78, 5) is 37.8. The Bertz CT molecular complexity index is 1290. The van der Waals surface area contributed by atoms with Crippen molar-refractivity contribution in [2.45, 2.75) is 6.04 Å². The van der Waals surface area contributed by atoms with Gasteiger partial charge in [0.1, 0.15) is 19.3 Å².